The lowest BCUT2D eigenvalue weighted by Crippen LogP contribution is -2.19. The first-order valence-corrected chi connectivity index (χ1v) is 7.11. The van der Waals surface area contributed by atoms with E-state index in [1.54, 1.807) is 7.11 Å². The maximum Gasteiger partial charge on any atom is 0.164 e. The Morgan fingerprint density at radius 2 is 2.19 bits per heavy atom. The molecule has 0 spiro atoms. The first-order valence-electron chi connectivity index (χ1n) is 6.32. The third-order valence-corrected chi connectivity index (χ3v) is 3.42. The van der Waals surface area contributed by atoms with E-state index >= 15 is 0 Å². The summed E-state index contributed by atoms with van der Waals surface area (Å²) < 4.78 is 34.1. The van der Waals surface area contributed by atoms with Gasteiger partial charge in [0.15, 0.2) is 5.82 Å². The Morgan fingerprint density at radius 1 is 1.38 bits per heavy atom. The lowest BCUT2D eigenvalue weighted by Gasteiger charge is -2.06. The van der Waals surface area contributed by atoms with Crippen LogP contribution in [0.15, 0.2) is 22.9 Å². The Labute approximate surface area is 129 Å². The van der Waals surface area contributed by atoms with Gasteiger partial charge in [0.1, 0.15) is 18.0 Å². The van der Waals surface area contributed by atoms with E-state index in [1.807, 2.05) is 0 Å². The van der Waals surface area contributed by atoms with E-state index in [0.29, 0.717) is 25.5 Å². The average Bonchev–Trinajstić information content (AvgIpc) is 2.92. The Bertz CT molecular complexity index is 606. The molecule has 2 aromatic rings. The number of nitrogens with zero attached hydrogens (tertiary/aromatic N) is 3. The Hall–Kier alpha value is -1.38. The minimum Gasteiger partial charge on any atom is -0.383 e. The van der Waals surface area contributed by atoms with Gasteiger partial charge in [-0.15, -0.1) is 0 Å². The molecule has 1 heterocycles. The molecule has 5 nitrogen and oxygen atoms in total. The molecule has 2 rings (SSSR count). The van der Waals surface area contributed by atoms with Gasteiger partial charge in [-0.05, 0) is 28.1 Å². The van der Waals surface area contributed by atoms with Crippen molar-refractivity contribution < 1.29 is 13.5 Å². The standard InChI is InChI=1S/C13H15BrF2N4O/c1-21-5-4-17-6-12-18-8-20(19-12)7-9-11(15)3-2-10(14)13(9)16/h2-3,8,17H,4-7H2,1H3. The SMILES string of the molecule is COCCNCc1ncn(Cc2c(F)ccc(Br)c2F)n1. The van der Waals surface area contributed by atoms with Gasteiger partial charge in [-0.25, -0.2) is 18.4 Å². The van der Waals surface area contributed by atoms with Crippen molar-refractivity contribution in [2.45, 2.75) is 13.1 Å². The zero-order valence-electron chi connectivity index (χ0n) is 11.4. The van der Waals surface area contributed by atoms with E-state index < -0.39 is 11.6 Å². The van der Waals surface area contributed by atoms with Crippen molar-refractivity contribution >= 4 is 15.9 Å². The monoisotopic (exact) mass is 360 g/mol. The Balaban J connectivity index is 2.01. The minimum absolute atomic E-state index is 0.0117. The van der Waals surface area contributed by atoms with Gasteiger partial charge < -0.3 is 10.1 Å². The van der Waals surface area contributed by atoms with Gasteiger partial charge in [0, 0.05) is 19.2 Å². The van der Waals surface area contributed by atoms with Crippen LogP contribution in [0.1, 0.15) is 11.4 Å². The molecule has 0 fully saturated rings. The third-order valence-electron chi connectivity index (χ3n) is 2.81. The van der Waals surface area contributed by atoms with Crippen molar-refractivity contribution in [2.75, 3.05) is 20.3 Å². The van der Waals surface area contributed by atoms with Gasteiger partial charge in [-0.3, -0.25) is 0 Å². The highest BCUT2D eigenvalue weighted by molar-refractivity contribution is 9.10. The van der Waals surface area contributed by atoms with Crippen LogP contribution >= 0.6 is 15.9 Å². The smallest absolute Gasteiger partial charge is 0.164 e. The average molecular weight is 361 g/mol. The number of hydrogen-bond donors (Lipinski definition) is 1. The topological polar surface area (TPSA) is 52.0 Å². The van der Waals surface area contributed by atoms with Crippen molar-refractivity contribution in [1.82, 2.24) is 20.1 Å². The molecule has 0 bridgehead atoms. The predicted molar refractivity (Wildman–Crippen MR) is 76.8 cm³/mol. The number of rotatable bonds is 7. The van der Waals surface area contributed by atoms with Crippen LogP contribution in [-0.4, -0.2) is 35.0 Å². The summed E-state index contributed by atoms with van der Waals surface area (Å²) in [5.74, 6) is -0.668. The highest BCUT2D eigenvalue weighted by Gasteiger charge is 2.13. The summed E-state index contributed by atoms with van der Waals surface area (Å²) >= 11 is 3.04. The van der Waals surface area contributed by atoms with Crippen LogP contribution < -0.4 is 5.32 Å². The maximum absolute atomic E-state index is 13.9. The summed E-state index contributed by atoms with van der Waals surface area (Å²) in [5.41, 5.74) is -0.0480. The molecule has 0 saturated heterocycles. The minimum atomic E-state index is -0.620. The van der Waals surface area contributed by atoms with Crippen LogP contribution in [0.5, 0.6) is 0 Å². The van der Waals surface area contributed by atoms with Gasteiger partial charge in [-0.2, -0.15) is 5.10 Å². The summed E-state index contributed by atoms with van der Waals surface area (Å²) in [6.45, 7) is 1.73. The van der Waals surface area contributed by atoms with Crippen molar-refractivity contribution in [3.63, 3.8) is 0 Å². The molecular weight excluding hydrogens is 346 g/mol. The summed E-state index contributed by atoms with van der Waals surface area (Å²) in [5, 5.41) is 7.26. The largest absolute Gasteiger partial charge is 0.383 e. The zero-order chi connectivity index (χ0) is 15.2. The molecule has 0 aliphatic heterocycles. The highest BCUT2D eigenvalue weighted by Crippen LogP contribution is 2.22. The van der Waals surface area contributed by atoms with Gasteiger partial charge in [0.2, 0.25) is 0 Å². The molecule has 8 heteroatoms. The van der Waals surface area contributed by atoms with Gasteiger partial charge >= 0.3 is 0 Å². The molecule has 1 aromatic carbocycles. The molecule has 1 N–H and O–H groups in total. The molecule has 1 aromatic heterocycles. The van der Waals surface area contributed by atoms with Gasteiger partial charge in [0.05, 0.1) is 24.2 Å². The second-order valence-corrected chi connectivity index (χ2v) is 5.20. The maximum atomic E-state index is 13.9. The van der Waals surface area contributed by atoms with Crippen molar-refractivity contribution in [2.24, 2.45) is 0 Å². The quantitative estimate of drug-likeness (QED) is 0.606. The number of methoxy groups -OCH3 is 1. The highest BCUT2D eigenvalue weighted by atomic mass is 79.9. The van der Waals surface area contributed by atoms with Crippen LogP contribution in [0.3, 0.4) is 0 Å². The molecule has 0 aliphatic carbocycles. The number of benzene rings is 1. The molecule has 0 amide bonds. The molecule has 114 valence electrons. The molecule has 21 heavy (non-hydrogen) atoms. The van der Waals surface area contributed by atoms with Crippen molar-refractivity contribution in [3.8, 4) is 0 Å². The Morgan fingerprint density at radius 3 is 2.95 bits per heavy atom. The van der Waals surface area contributed by atoms with Crippen LogP contribution in [0, 0.1) is 11.6 Å². The number of halogens is 3. The normalized spacial score (nSPS) is 11.0. The number of nitrogens with one attached hydrogen (secondary N) is 1. The molecule has 0 atom stereocenters. The molecule has 0 aliphatic rings. The molecule has 0 unspecified atom stereocenters. The first-order chi connectivity index (χ1) is 10.1. The molecule has 0 saturated carbocycles. The molecule has 0 radical (unpaired) electrons. The van der Waals surface area contributed by atoms with Crippen molar-refractivity contribution in [1.29, 1.82) is 0 Å². The van der Waals surface area contributed by atoms with E-state index in [-0.39, 0.29) is 16.6 Å². The number of aromatic nitrogens is 3. The van der Waals surface area contributed by atoms with Gasteiger partial charge in [-0.1, -0.05) is 0 Å². The lowest BCUT2D eigenvalue weighted by molar-refractivity contribution is 0.199. The van der Waals surface area contributed by atoms with E-state index in [0.717, 1.165) is 0 Å². The van der Waals surface area contributed by atoms with E-state index in [2.05, 4.69) is 31.3 Å². The van der Waals surface area contributed by atoms with Crippen LogP contribution in [-0.2, 0) is 17.8 Å². The second kappa shape index (κ2) is 7.58. The van der Waals surface area contributed by atoms with E-state index in [4.69, 9.17) is 4.74 Å². The molecular formula is C13H15BrF2N4O. The van der Waals surface area contributed by atoms with Crippen LogP contribution in [0.2, 0.25) is 0 Å². The number of ether oxygens (including phenoxy) is 1. The lowest BCUT2D eigenvalue weighted by atomic mass is 10.2. The fourth-order valence-corrected chi connectivity index (χ4v) is 2.11. The van der Waals surface area contributed by atoms with E-state index in [1.165, 1.54) is 23.1 Å². The second-order valence-electron chi connectivity index (χ2n) is 4.35. The summed E-state index contributed by atoms with van der Waals surface area (Å²) in [7, 11) is 1.62. The third kappa shape index (κ3) is 4.29. The van der Waals surface area contributed by atoms with E-state index in [9.17, 15) is 8.78 Å². The van der Waals surface area contributed by atoms with Crippen LogP contribution in [0.4, 0.5) is 8.78 Å². The summed E-state index contributed by atoms with van der Waals surface area (Å²) in [6.07, 6.45) is 1.45. The van der Waals surface area contributed by atoms with Crippen LogP contribution in [0.25, 0.3) is 0 Å². The summed E-state index contributed by atoms with van der Waals surface area (Å²) in [6, 6.07) is 2.55. The first kappa shape index (κ1) is 16.0. The van der Waals surface area contributed by atoms with Crippen molar-refractivity contribution in [3.05, 3.63) is 46.0 Å². The summed E-state index contributed by atoms with van der Waals surface area (Å²) in [4.78, 5) is 4.08. The fraction of sp³-hybridized carbons (Fsp3) is 0.385. The zero-order valence-corrected chi connectivity index (χ0v) is 13.0. The van der Waals surface area contributed by atoms with Gasteiger partial charge in [0.25, 0.3) is 0 Å². The fourth-order valence-electron chi connectivity index (χ4n) is 1.74. The Kier molecular flexibility index (Phi) is 5.77. The number of hydrogen-bond acceptors (Lipinski definition) is 4. The predicted octanol–water partition coefficient (Wildman–Crippen LogP) is 2.10.